The van der Waals surface area contributed by atoms with Gasteiger partial charge in [-0.1, -0.05) is 26.0 Å². The number of hydrogen-bond donors (Lipinski definition) is 1. The van der Waals surface area contributed by atoms with Gasteiger partial charge in [-0.3, -0.25) is 0 Å². The first-order chi connectivity index (χ1) is 8.56. The average molecular weight is 242 g/mol. The second-order valence-electron chi connectivity index (χ2n) is 4.72. The van der Waals surface area contributed by atoms with Crippen LogP contribution in [0.15, 0.2) is 36.5 Å². The van der Waals surface area contributed by atoms with Crippen molar-refractivity contribution in [1.29, 1.82) is 0 Å². The van der Waals surface area contributed by atoms with Crippen molar-refractivity contribution in [1.82, 2.24) is 4.98 Å². The summed E-state index contributed by atoms with van der Waals surface area (Å²) in [5.74, 6) is 1.89. The lowest BCUT2D eigenvalue weighted by molar-refractivity contribution is 0.458. The molecule has 1 aromatic heterocycles. The fraction of sp³-hybridized carbons (Fsp3) is 0.267. The predicted molar refractivity (Wildman–Crippen MR) is 74.0 cm³/mol. The molecule has 0 bridgehead atoms. The largest absolute Gasteiger partial charge is 0.439 e. The van der Waals surface area contributed by atoms with Gasteiger partial charge in [-0.25, -0.2) is 4.98 Å². The van der Waals surface area contributed by atoms with Crippen LogP contribution in [-0.2, 0) is 0 Å². The van der Waals surface area contributed by atoms with Gasteiger partial charge in [0, 0.05) is 5.56 Å². The number of nitrogen functional groups attached to an aromatic ring is 1. The van der Waals surface area contributed by atoms with Crippen LogP contribution in [0.25, 0.3) is 0 Å². The van der Waals surface area contributed by atoms with Crippen molar-refractivity contribution >= 4 is 5.69 Å². The summed E-state index contributed by atoms with van der Waals surface area (Å²) in [5.41, 5.74) is 8.50. The number of aryl methyl sites for hydroxylation is 1. The topological polar surface area (TPSA) is 48.1 Å². The van der Waals surface area contributed by atoms with Gasteiger partial charge >= 0.3 is 0 Å². The number of pyridine rings is 1. The lowest BCUT2D eigenvalue weighted by Gasteiger charge is -2.10. The van der Waals surface area contributed by atoms with Crippen LogP contribution in [0.4, 0.5) is 5.69 Å². The average Bonchev–Trinajstić information content (AvgIpc) is 2.33. The third-order valence-electron chi connectivity index (χ3n) is 2.79. The van der Waals surface area contributed by atoms with Gasteiger partial charge in [-0.05, 0) is 36.6 Å². The number of nitrogens with zero attached hydrogens (tertiary/aromatic N) is 1. The Labute approximate surface area is 108 Å². The summed E-state index contributed by atoms with van der Waals surface area (Å²) < 4.78 is 5.79. The highest BCUT2D eigenvalue weighted by Crippen LogP contribution is 2.26. The van der Waals surface area contributed by atoms with E-state index in [1.807, 2.05) is 31.2 Å². The normalized spacial score (nSPS) is 10.7. The van der Waals surface area contributed by atoms with Gasteiger partial charge in [0.1, 0.15) is 5.75 Å². The Morgan fingerprint density at radius 1 is 1.22 bits per heavy atom. The zero-order chi connectivity index (χ0) is 13.1. The van der Waals surface area contributed by atoms with Crippen molar-refractivity contribution < 1.29 is 4.74 Å². The van der Waals surface area contributed by atoms with Crippen LogP contribution in [0.1, 0.15) is 30.9 Å². The molecule has 0 aliphatic carbocycles. The van der Waals surface area contributed by atoms with E-state index < -0.39 is 0 Å². The van der Waals surface area contributed by atoms with E-state index in [4.69, 9.17) is 10.5 Å². The number of anilines is 1. The minimum Gasteiger partial charge on any atom is -0.439 e. The maximum absolute atomic E-state index is 5.79. The highest BCUT2D eigenvalue weighted by Gasteiger charge is 2.05. The molecule has 0 saturated carbocycles. The molecule has 3 heteroatoms. The van der Waals surface area contributed by atoms with Crippen LogP contribution >= 0.6 is 0 Å². The fourth-order valence-electron chi connectivity index (χ4n) is 1.74. The van der Waals surface area contributed by atoms with Crippen LogP contribution < -0.4 is 10.5 Å². The van der Waals surface area contributed by atoms with E-state index in [0.29, 0.717) is 17.5 Å². The molecular formula is C15H18N2O. The van der Waals surface area contributed by atoms with Gasteiger partial charge < -0.3 is 10.5 Å². The van der Waals surface area contributed by atoms with Gasteiger partial charge in [-0.15, -0.1) is 0 Å². The van der Waals surface area contributed by atoms with Gasteiger partial charge in [-0.2, -0.15) is 0 Å². The molecule has 2 N–H and O–H groups in total. The summed E-state index contributed by atoms with van der Waals surface area (Å²) in [6.45, 7) is 6.25. The summed E-state index contributed by atoms with van der Waals surface area (Å²) in [6, 6.07) is 9.93. The minimum absolute atomic E-state index is 0.481. The van der Waals surface area contributed by atoms with Crippen LogP contribution in [0.3, 0.4) is 0 Å². The number of hydrogen-bond acceptors (Lipinski definition) is 3. The predicted octanol–water partition coefficient (Wildman–Crippen LogP) is 3.89. The monoisotopic (exact) mass is 242 g/mol. The summed E-state index contributed by atoms with van der Waals surface area (Å²) in [6.07, 6.45) is 1.61. The summed E-state index contributed by atoms with van der Waals surface area (Å²) >= 11 is 0. The van der Waals surface area contributed by atoms with Crippen molar-refractivity contribution in [2.75, 3.05) is 5.73 Å². The van der Waals surface area contributed by atoms with E-state index >= 15 is 0 Å². The lowest BCUT2D eigenvalue weighted by Crippen LogP contribution is -1.95. The molecule has 0 saturated heterocycles. The molecule has 2 rings (SSSR count). The smallest absolute Gasteiger partial charge is 0.222 e. The van der Waals surface area contributed by atoms with Gasteiger partial charge in [0.2, 0.25) is 5.88 Å². The molecule has 0 atom stereocenters. The molecular weight excluding hydrogens is 224 g/mol. The summed E-state index contributed by atoms with van der Waals surface area (Å²) in [4.78, 5) is 4.20. The number of ether oxygens (including phenoxy) is 1. The minimum atomic E-state index is 0.481. The maximum Gasteiger partial charge on any atom is 0.222 e. The molecule has 0 fully saturated rings. The fourth-order valence-corrected chi connectivity index (χ4v) is 1.74. The first-order valence-corrected chi connectivity index (χ1v) is 6.06. The van der Waals surface area contributed by atoms with Crippen molar-refractivity contribution in [3.05, 3.63) is 47.7 Å². The zero-order valence-electron chi connectivity index (χ0n) is 11.0. The number of aromatic nitrogens is 1. The molecule has 3 nitrogen and oxygen atoms in total. The molecule has 0 aliphatic heterocycles. The standard InChI is InChI=1S/C15H18N2O/c1-10(2)12-5-4-6-14(8-12)18-15-11(3)7-13(16)9-17-15/h4-10H,16H2,1-3H3. The van der Waals surface area contributed by atoms with E-state index in [1.165, 1.54) is 5.56 Å². The van der Waals surface area contributed by atoms with E-state index in [2.05, 4.69) is 24.9 Å². The number of rotatable bonds is 3. The Bertz CT molecular complexity index is 550. The molecule has 18 heavy (non-hydrogen) atoms. The van der Waals surface area contributed by atoms with Crippen LogP contribution in [-0.4, -0.2) is 4.98 Å². The maximum atomic E-state index is 5.79. The Kier molecular flexibility index (Phi) is 3.51. The third-order valence-corrected chi connectivity index (χ3v) is 2.79. The molecule has 0 spiro atoms. The highest BCUT2D eigenvalue weighted by atomic mass is 16.5. The van der Waals surface area contributed by atoms with E-state index in [1.54, 1.807) is 6.20 Å². The molecule has 1 aromatic carbocycles. The van der Waals surface area contributed by atoms with E-state index in [9.17, 15) is 0 Å². The Hall–Kier alpha value is -2.03. The molecule has 1 heterocycles. The Morgan fingerprint density at radius 2 is 2.00 bits per heavy atom. The third kappa shape index (κ3) is 2.80. The van der Waals surface area contributed by atoms with Crippen LogP contribution in [0.2, 0.25) is 0 Å². The molecule has 0 amide bonds. The Balaban J connectivity index is 2.25. The van der Waals surface area contributed by atoms with Crippen LogP contribution in [0.5, 0.6) is 11.6 Å². The second-order valence-corrected chi connectivity index (χ2v) is 4.72. The van der Waals surface area contributed by atoms with Crippen molar-refractivity contribution in [3.63, 3.8) is 0 Å². The number of benzene rings is 1. The van der Waals surface area contributed by atoms with E-state index in [0.717, 1.165) is 11.3 Å². The zero-order valence-corrected chi connectivity index (χ0v) is 11.0. The van der Waals surface area contributed by atoms with Gasteiger partial charge in [0.15, 0.2) is 0 Å². The first kappa shape index (κ1) is 12.4. The molecule has 0 aliphatic rings. The SMILES string of the molecule is Cc1cc(N)cnc1Oc1cccc(C(C)C)c1. The number of nitrogens with two attached hydrogens (primary N) is 1. The second kappa shape index (κ2) is 5.08. The summed E-state index contributed by atoms with van der Waals surface area (Å²) in [7, 11) is 0. The van der Waals surface area contributed by atoms with Crippen molar-refractivity contribution in [2.45, 2.75) is 26.7 Å². The molecule has 0 unspecified atom stereocenters. The molecule has 94 valence electrons. The van der Waals surface area contributed by atoms with Crippen molar-refractivity contribution in [2.24, 2.45) is 0 Å². The van der Waals surface area contributed by atoms with Gasteiger partial charge in [0.25, 0.3) is 0 Å². The van der Waals surface area contributed by atoms with E-state index in [-0.39, 0.29) is 0 Å². The highest BCUT2D eigenvalue weighted by molar-refractivity contribution is 5.43. The molecule has 0 radical (unpaired) electrons. The lowest BCUT2D eigenvalue weighted by atomic mass is 10.0. The first-order valence-electron chi connectivity index (χ1n) is 6.06. The Morgan fingerprint density at radius 3 is 2.67 bits per heavy atom. The quantitative estimate of drug-likeness (QED) is 0.888. The summed E-state index contributed by atoms with van der Waals surface area (Å²) in [5, 5.41) is 0. The van der Waals surface area contributed by atoms with Gasteiger partial charge in [0.05, 0.1) is 11.9 Å². The van der Waals surface area contributed by atoms with Crippen molar-refractivity contribution in [3.8, 4) is 11.6 Å². The molecule has 2 aromatic rings. The van der Waals surface area contributed by atoms with Crippen LogP contribution in [0, 0.1) is 6.92 Å².